The van der Waals surface area contributed by atoms with Gasteiger partial charge in [-0.25, -0.2) is 0 Å². The van der Waals surface area contributed by atoms with Crippen molar-refractivity contribution in [2.45, 2.75) is 51.1 Å². The van der Waals surface area contributed by atoms with Crippen LogP contribution in [0.5, 0.6) is 0 Å². The molecule has 0 bridgehead atoms. The summed E-state index contributed by atoms with van der Waals surface area (Å²) in [5, 5.41) is 12.3. The Morgan fingerprint density at radius 3 is 2.56 bits per heavy atom. The average Bonchev–Trinajstić information content (AvgIpc) is 2.12. The van der Waals surface area contributed by atoms with E-state index >= 15 is 0 Å². The summed E-state index contributed by atoms with van der Waals surface area (Å²) in [6.45, 7) is 5.25. The summed E-state index contributed by atoms with van der Waals surface area (Å²) >= 11 is 0. The second kappa shape index (κ2) is 5.64. The fourth-order valence-electron chi connectivity index (χ4n) is 2.07. The standard InChI is InChI=1S/C12H24N2O2/c1-4-13-12(2,11(15)16)8-9-14(3)10-6-5-7-10/h10,13H,4-9H2,1-3H3,(H,15,16). The van der Waals surface area contributed by atoms with Gasteiger partial charge in [-0.15, -0.1) is 0 Å². The zero-order valence-electron chi connectivity index (χ0n) is 10.6. The Balaban J connectivity index is 2.39. The van der Waals surface area contributed by atoms with Gasteiger partial charge in [-0.05, 0) is 39.8 Å². The molecule has 2 N–H and O–H groups in total. The number of aliphatic carboxylic acids is 1. The molecule has 0 aromatic heterocycles. The summed E-state index contributed by atoms with van der Waals surface area (Å²) in [6, 6.07) is 0.680. The van der Waals surface area contributed by atoms with Crippen LogP contribution >= 0.6 is 0 Å². The van der Waals surface area contributed by atoms with E-state index in [0.717, 1.165) is 6.54 Å². The lowest BCUT2D eigenvalue weighted by molar-refractivity contribution is -0.144. The van der Waals surface area contributed by atoms with Crippen molar-refractivity contribution in [2.24, 2.45) is 0 Å². The van der Waals surface area contributed by atoms with Gasteiger partial charge in [0.1, 0.15) is 5.54 Å². The van der Waals surface area contributed by atoms with Crippen molar-refractivity contribution in [1.82, 2.24) is 10.2 Å². The van der Waals surface area contributed by atoms with E-state index in [9.17, 15) is 9.90 Å². The molecule has 1 aliphatic rings. The molecular weight excluding hydrogens is 204 g/mol. The van der Waals surface area contributed by atoms with Gasteiger partial charge in [-0.3, -0.25) is 4.79 Å². The highest BCUT2D eigenvalue weighted by Gasteiger charge is 2.33. The minimum Gasteiger partial charge on any atom is -0.480 e. The van der Waals surface area contributed by atoms with Crippen LogP contribution < -0.4 is 5.32 Å². The largest absolute Gasteiger partial charge is 0.480 e. The maximum Gasteiger partial charge on any atom is 0.323 e. The maximum absolute atomic E-state index is 11.2. The van der Waals surface area contributed by atoms with Crippen molar-refractivity contribution in [3.63, 3.8) is 0 Å². The number of carboxylic acids is 1. The van der Waals surface area contributed by atoms with Gasteiger partial charge in [0.15, 0.2) is 0 Å². The van der Waals surface area contributed by atoms with Crippen LogP contribution in [0.2, 0.25) is 0 Å². The van der Waals surface area contributed by atoms with Crippen molar-refractivity contribution < 1.29 is 9.90 Å². The van der Waals surface area contributed by atoms with Crippen molar-refractivity contribution in [1.29, 1.82) is 0 Å². The van der Waals surface area contributed by atoms with E-state index in [-0.39, 0.29) is 0 Å². The van der Waals surface area contributed by atoms with E-state index in [1.807, 2.05) is 6.92 Å². The fraction of sp³-hybridized carbons (Fsp3) is 0.917. The number of carbonyl (C=O) groups is 1. The first-order valence-corrected chi connectivity index (χ1v) is 6.18. The van der Waals surface area contributed by atoms with Gasteiger partial charge in [-0.1, -0.05) is 13.3 Å². The molecule has 16 heavy (non-hydrogen) atoms. The minimum absolute atomic E-state index is 0.656. The van der Waals surface area contributed by atoms with Gasteiger partial charge >= 0.3 is 5.97 Å². The van der Waals surface area contributed by atoms with Crippen LogP contribution in [0.4, 0.5) is 0 Å². The van der Waals surface area contributed by atoms with Crippen LogP contribution in [0.3, 0.4) is 0 Å². The van der Waals surface area contributed by atoms with Crippen LogP contribution in [-0.2, 0) is 4.79 Å². The highest BCUT2D eigenvalue weighted by atomic mass is 16.4. The summed E-state index contributed by atoms with van der Waals surface area (Å²) in [5.41, 5.74) is -0.785. The van der Waals surface area contributed by atoms with Crippen LogP contribution in [0.25, 0.3) is 0 Å². The number of hydrogen-bond donors (Lipinski definition) is 2. The Morgan fingerprint density at radius 1 is 1.56 bits per heavy atom. The van der Waals surface area contributed by atoms with E-state index in [1.54, 1.807) is 6.92 Å². The third kappa shape index (κ3) is 3.19. The molecule has 1 aliphatic carbocycles. The molecule has 0 saturated heterocycles. The van der Waals surface area contributed by atoms with E-state index in [0.29, 0.717) is 19.0 Å². The average molecular weight is 228 g/mol. The summed E-state index contributed by atoms with van der Waals surface area (Å²) < 4.78 is 0. The molecule has 0 aliphatic heterocycles. The Morgan fingerprint density at radius 2 is 2.19 bits per heavy atom. The van der Waals surface area contributed by atoms with Gasteiger partial charge in [-0.2, -0.15) is 0 Å². The zero-order valence-corrected chi connectivity index (χ0v) is 10.6. The minimum atomic E-state index is -0.785. The quantitative estimate of drug-likeness (QED) is 0.690. The smallest absolute Gasteiger partial charge is 0.323 e. The number of rotatable bonds is 7. The third-order valence-electron chi connectivity index (χ3n) is 3.70. The number of nitrogens with zero attached hydrogens (tertiary/aromatic N) is 1. The first-order chi connectivity index (χ1) is 7.49. The molecule has 1 saturated carbocycles. The fourth-order valence-corrected chi connectivity index (χ4v) is 2.07. The van der Waals surface area contributed by atoms with Gasteiger partial charge in [0.25, 0.3) is 0 Å². The van der Waals surface area contributed by atoms with Crippen LogP contribution in [0.1, 0.15) is 39.5 Å². The van der Waals surface area contributed by atoms with E-state index in [1.165, 1.54) is 19.3 Å². The molecule has 0 heterocycles. The molecular formula is C12H24N2O2. The van der Waals surface area contributed by atoms with Crippen molar-refractivity contribution in [3.05, 3.63) is 0 Å². The number of carboxylic acid groups (broad SMARTS) is 1. The second-order valence-electron chi connectivity index (χ2n) is 4.98. The molecule has 0 spiro atoms. The molecule has 0 radical (unpaired) electrons. The molecule has 0 aromatic carbocycles. The monoisotopic (exact) mass is 228 g/mol. The molecule has 1 atom stereocenters. The third-order valence-corrected chi connectivity index (χ3v) is 3.70. The van der Waals surface area contributed by atoms with Gasteiger partial charge in [0, 0.05) is 12.6 Å². The first-order valence-electron chi connectivity index (χ1n) is 6.18. The topological polar surface area (TPSA) is 52.6 Å². The molecule has 4 heteroatoms. The summed E-state index contributed by atoms with van der Waals surface area (Å²) in [7, 11) is 2.10. The predicted octanol–water partition coefficient (Wildman–Crippen LogP) is 1.31. The number of likely N-dealkylation sites (N-methyl/N-ethyl adjacent to an activating group) is 1. The van der Waals surface area contributed by atoms with E-state index in [4.69, 9.17) is 0 Å². The molecule has 0 amide bonds. The summed E-state index contributed by atoms with van der Waals surface area (Å²) in [6.07, 6.45) is 4.50. The highest BCUT2D eigenvalue weighted by molar-refractivity contribution is 5.78. The lowest BCUT2D eigenvalue weighted by atomic mass is 9.90. The van der Waals surface area contributed by atoms with Crippen LogP contribution in [-0.4, -0.2) is 47.7 Å². The van der Waals surface area contributed by atoms with Crippen molar-refractivity contribution in [2.75, 3.05) is 20.1 Å². The normalized spacial score (nSPS) is 20.5. The van der Waals surface area contributed by atoms with Gasteiger partial charge < -0.3 is 15.3 Å². The Labute approximate surface area is 98.0 Å². The zero-order chi connectivity index (χ0) is 12.2. The SMILES string of the molecule is CCNC(C)(CCN(C)C1CCC1)C(=O)O. The lowest BCUT2D eigenvalue weighted by Gasteiger charge is -2.36. The summed E-state index contributed by atoms with van der Waals surface area (Å²) in [5.74, 6) is -0.753. The number of nitrogens with one attached hydrogen (secondary N) is 1. The molecule has 1 fully saturated rings. The Bertz CT molecular complexity index is 241. The highest BCUT2D eigenvalue weighted by Crippen LogP contribution is 2.24. The van der Waals surface area contributed by atoms with Crippen molar-refractivity contribution >= 4 is 5.97 Å². The van der Waals surface area contributed by atoms with Gasteiger partial charge in [0.05, 0.1) is 0 Å². The molecule has 4 nitrogen and oxygen atoms in total. The molecule has 0 aromatic rings. The van der Waals surface area contributed by atoms with E-state index < -0.39 is 11.5 Å². The van der Waals surface area contributed by atoms with Crippen LogP contribution in [0, 0.1) is 0 Å². The molecule has 1 rings (SSSR count). The van der Waals surface area contributed by atoms with E-state index in [2.05, 4.69) is 17.3 Å². The van der Waals surface area contributed by atoms with Gasteiger partial charge in [0.2, 0.25) is 0 Å². The molecule has 1 unspecified atom stereocenters. The summed E-state index contributed by atoms with van der Waals surface area (Å²) in [4.78, 5) is 13.5. The van der Waals surface area contributed by atoms with Crippen LogP contribution in [0.15, 0.2) is 0 Å². The maximum atomic E-state index is 11.2. The Kier molecular flexibility index (Phi) is 4.74. The van der Waals surface area contributed by atoms with Crippen molar-refractivity contribution in [3.8, 4) is 0 Å². The lowest BCUT2D eigenvalue weighted by Crippen LogP contribution is -2.52. The number of hydrogen-bond acceptors (Lipinski definition) is 3. The Hall–Kier alpha value is -0.610. The predicted molar refractivity (Wildman–Crippen MR) is 64.6 cm³/mol. The molecule has 94 valence electrons. The second-order valence-corrected chi connectivity index (χ2v) is 4.98. The first kappa shape index (κ1) is 13.5.